The van der Waals surface area contributed by atoms with E-state index in [0.29, 0.717) is 37.8 Å². The molecule has 0 bridgehead atoms. The third-order valence-electron chi connectivity index (χ3n) is 3.92. The highest BCUT2D eigenvalue weighted by Crippen LogP contribution is 2.27. The molecule has 0 radical (unpaired) electrons. The molecule has 1 aliphatic heterocycles. The van der Waals surface area contributed by atoms with Crippen molar-refractivity contribution in [2.75, 3.05) is 26.3 Å². The summed E-state index contributed by atoms with van der Waals surface area (Å²) in [5.41, 5.74) is 1.07. The molecule has 0 aromatic heterocycles. The maximum atomic E-state index is 11.1. The van der Waals surface area contributed by atoms with Gasteiger partial charge in [-0.3, -0.25) is 0 Å². The summed E-state index contributed by atoms with van der Waals surface area (Å²) in [4.78, 5) is 12.4. The monoisotopic (exact) mass is 343 g/mol. The molecule has 1 amide bonds. The van der Waals surface area contributed by atoms with Crippen molar-refractivity contribution in [3.8, 4) is 11.5 Å². The molecule has 0 unspecified atom stereocenters. The van der Waals surface area contributed by atoms with Crippen molar-refractivity contribution in [2.24, 2.45) is 0 Å². The first kappa shape index (κ1) is 17.1. The Labute approximate surface area is 146 Å². The van der Waals surface area contributed by atoms with Crippen molar-refractivity contribution < 1.29 is 24.1 Å². The van der Waals surface area contributed by atoms with Crippen molar-refractivity contribution in [1.29, 1.82) is 0 Å². The molecule has 2 aromatic carbocycles. The van der Waals surface area contributed by atoms with Gasteiger partial charge in [0.05, 0.1) is 13.2 Å². The maximum absolute atomic E-state index is 11.1. The van der Waals surface area contributed by atoms with Crippen LogP contribution in [0.5, 0.6) is 11.5 Å². The summed E-state index contributed by atoms with van der Waals surface area (Å²) in [6.07, 6.45) is -1.22. The third-order valence-corrected chi connectivity index (χ3v) is 3.92. The molecule has 3 rings (SSSR count). The van der Waals surface area contributed by atoms with Gasteiger partial charge >= 0.3 is 6.09 Å². The van der Waals surface area contributed by atoms with Gasteiger partial charge in [0.15, 0.2) is 11.5 Å². The summed E-state index contributed by atoms with van der Waals surface area (Å²) in [5, 5.41) is 9.07. The maximum Gasteiger partial charge on any atom is 0.407 e. The number of nitrogens with zero attached hydrogens (tertiary/aromatic N) is 1. The van der Waals surface area contributed by atoms with Crippen LogP contribution in [0.3, 0.4) is 0 Å². The number of amides is 1. The van der Waals surface area contributed by atoms with Gasteiger partial charge in [-0.2, -0.15) is 0 Å². The van der Waals surface area contributed by atoms with E-state index in [9.17, 15) is 4.79 Å². The van der Waals surface area contributed by atoms with Crippen LogP contribution in [-0.4, -0.2) is 48.5 Å². The van der Waals surface area contributed by atoms with Gasteiger partial charge in [0.25, 0.3) is 0 Å². The summed E-state index contributed by atoms with van der Waals surface area (Å²) in [6.45, 7) is 1.81. The van der Waals surface area contributed by atoms with Crippen LogP contribution in [0, 0.1) is 0 Å². The Balaban J connectivity index is 1.56. The minimum atomic E-state index is -0.931. The fourth-order valence-electron chi connectivity index (χ4n) is 2.60. The number of benzene rings is 2. The zero-order valence-corrected chi connectivity index (χ0v) is 13.8. The van der Waals surface area contributed by atoms with Gasteiger partial charge in [0.1, 0.15) is 19.3 Å². The first-order valence-corrected chi connectivity index (χ1v) is 8.20. The average Bonchev–Trinajstić information content (AvgIpc) is 2.66. The normalized spacial score (nSPS) is 17.1. The van der Waals surface area contributed by atoms with E-state index in [4.69, 9.17) is 19.3 Å². The number of hydrogen-bond acceptors (Lipinski definition) is 4. The zero-order valence-electron chi connectivity index (χ0n) is 13.8. The van der Waals surface area contributed by atoms with Gasteiger partial charge < -0.3 is 24.2 Å². The quantitative estimate of drug-likeness (QED) is 0.873. The van der Waals surface area contributed by atoms with Crippen molar-refractivity contribution in [1.82, 2.24) is 4.90 Å². The van der Waals surface area contributed by atoms with Crippen molar-refractivity contribution in [3.63, 3.8) is 0 Å². The smallest absolute Gasteiger partial charge is 0.407 e. The molecule has 1 N–H and O–H groups in total. The van der Waals surface area contributed by atoms with E-state index in [0.717, 1.165) is 5.56 Å². The molecular formula is C19H21NO5. The van der Waals surface area contributed by atoms with Gasteiger partial charge in [-0.15, -0.1) is 0 Å². The molecule has 25 heavy (non-hydrogen) atoms. The van der Waals surface area contributed by atoms with Gasteiger partial charge in [-0.1, -0.05) is 42.5 Å². The number of rotatable bonds is 6. The lowest BCUT2D eigenvalue weighted by molar-refractivity contribution is -0.0415. The Morgan fingerprint density at radius 3 is 2.48 bits per heavy atom. The predicted molar refractivity (Wildman–Crippen MR) is 92.0 cm³/mol. The zero-order chi connectivity index (χ0) is 17.5. The van der Waals surface area contributed by atoms with E-state index >= 15 is 0 Å². The molecule has 1 fully saturated rings. The molecular weight excluding hydrogens is 322 g/mol. The number of carboxylic acid groups (broad SMARTS) is 1. The second-order valence-corrected chi connectivity index (χ2v) is 5.75. The van der Waals surface area contributed by atoms with Gasteiger partial charge in [0, 0.05) is 6.54 Å². The lowest BCUT2D eigenvalue weighted by Crippen LogP contribution is -2.47. The Morgan fingerprint density at radius 2 is 1.76 bits per heavy atom. The van der Waals surface area contributed by atoms with Crippen LogP contribution in [0.4, 0.5) is 4.79 Å². The van der Waals surface area contributed by atoms with Crippen LogP contribution < -0.4 is 9.47 Å². The van der Waals surface area contributed by atoms with Crippen LogP contribution in [0.25, 0.3) is 0 Å². The third kappa shape index (κ3) is 4.87. The van der Waals surface area contributed by atoms with Crippen molar-refractivity contribution in [3.05, 3.63) is 60.2 Å². The number of para-hydroxylation sites is 2. The first-order valence-electron chi connectivity index (χ1n) is 8.20. The summed E-state index contributed by atoms with van der Waals surface area (Å²) < 4.78 is 17.3. The van der Waals surface area contributed by atoms with E-state index in [2.05, 4.69) is 0 Å². The van der Waals surface area contributed by atoms with Crippen LogP contribution >= 0.6 is 0 Å². The summed E-state index contributed by atoms with van der Waals surface area (Å²) >= 11 is 0. The van der Waals surface area contributed by atoms with E-state index in [1.165, 1.54) is 4.90 Å². The molecule has 0 spiro atoms. The van der Waals surface area contributed by atoms with Crippen molar-refractivity contribution >= 4 is 6.09 Å². The molecule has 1 heterocycles. The van der Waals surface area contributed by atoms with Gasteiger partial charge in [0.2, 0.25) is 0 Å². The summed E-state index contributed by atoms with van der Waals surface area (Å²) in [7, 11) is 0. The van der Waals surface area contributed by atoms with E-state index in [1.807, 2.05) is 54.6 Å². The molecule has 6 heteroatoms. The molecule has 0 aliphatic carbocycles. The Hall–Kier alpha value is -2.73. The van der Waals surface area contributed by atoms with Crippen molar-refractivity contribution in [2.45, 2.75) is 12.7 Å². The standard InChI is InChI=1S/C19H21NO5/c21-19(22)20-10-11-23-16(12-20)14-25-18-9-5-4-8-17(18)24-13-15-6-2-1-3-7-15/h1-9,16H,10-14H2,(H,21,22)/t16-/m0/s1. The molecule has 132 valence electrons. The molecule has 1 saturated heterocycles. The summed E-state index contributed by atoms with van der Waals surface area (Å²) in [6, 6.07) is 17.3. The second kappa shape index (κ2) is 8.39. The number of ether oxygens (including phenoxy) is 3. The van der Waals surface area contributed by atoms with Gasteiger partial charge in [-0.05, 0) is 17.7 Å². The van der Waals surface area contributed by atoms with Crippen LogP contribution in [-0.2, 0) is 11.3 Å². The fourth-order valence-corrected chi connectivity index (χ4v) is 2.60. The van der Waals surface area contributed by atoms with Crippen LogP contribution in [0.2, 0.25) is 0 Å². The highest BCUT2D eigenvalue weighted by atomic mass is 16.5. The Morgan fingerprint density at radius 1 is 1.08 bits per heavy atom. The first-order chi connectivity index (χ1) is 12.2. The number of hydrogen-bond donors (Lipinski definition) is 1. The highest BCUT2D eigenvalue weighted by Gasteiger charge is 2.24. The van der Waals surface area contributed by atoms with Crippen LogP contribution in [0.1, 0.15) is 5.56 Å². The Bertz CT molecular complexity index is 691. The minimum Gasteiger partial charge on any atom is -0.487 e. The van der Waals surface area contributed by atoms with E-state index in [-0.39, 0.29) is 12.7 Å². The topological polar surface area (TPSA) is 68.2 Å². The Kier molecular flexibility index (Phi) is 5.74. The molecule has 2 aromatic rings. The fraction of sp³-hybridized carbons (Fsp3) is 0.316. The molecule has 1 atom stereocenters. The molecule has 1 aliphatic rings. The van der Waals surface area contributed by atoms with Gasteiger partial charge in [-0.25, -0.2) is 4.79 Å². The number of morpholine rings is 1. The SMILES string of the molecule is O=C(O)N1CCO[C@H](COc2ccccc2OCc2ccccc2)C1. The molecule has 0 saturated carbocycles. The average molecular weight is 343 g/mol. The minimum absolute atomic E-state index is 0.273. The highest BCUT2D eigenvalue weighted by molar-refractivity contribution is 5.65. The molecule has 6 nitrogen and oxygen atoms in total. The number of carbonyl (C=O) groups is 1. The van der Waals surface area contributed by atoms with Crippen LogP contribution in [0.15, 0.2) is 54.6 Å². The van der Waals surface area contributed by atoms with E-state index < -0.39 is 6.09 Å². The summed E-state index contributed by atoms with van der Waals surface area (Å²) in [5.74, 6) is 1.27. The predicted octanol–water partition coefficient (Wildman–Crippen LogP) is 3.02. The second-order valence-electron chi connectivity index (χ2n) is 5.75. The van der Waals surface area contributed by atoms with E-state index in [1.54, 1.807) is 0 Å². The largest absolute Gasteiger partial charge is 0.487 e. The lowest BCUT2D eigenvalue weighted by Gasteiger charge is -2.30. The lowest BCUT2D eigenvalue weighted by atomic mass is 10.2.